The molecule has 2 aromatic carbocycles. The highest BCUT2D eigenvalue weighted by molar-refractivity contribution is 7.66. The van der Waals surface area contributed by atoms with Gasteiger partial charge in [0.15, 0.2) is 5.84 Å². The monoisotopic (exact) mass is 455 g/mol. The van der Waals surface area contributed by atoms with Crippen LogP contribution >= 0.6 is 7.52 Å². The average Bonchev–Trinajstić information content (AvgIpc) is 3.59. The molecule has 0 amide bonds. The van der Waals surface area contributed by atoms with Gasteiger partial charge in [-0.2, -0.15) is 4.76 Å². The molecule has 1 unspecified atom stereocenters. The van der Waals surface area contributed by atoms with E-state index in [9.17, 15) is 18.9 Å². The molecule has 0 spiro atoms. The van der Waals surface area contributed by atoms with E-state index in [1.165, 1.54) is 29.9 Å². The molecule has 2 aliphatic rings. The first-order valence-corrected chi connectivity index (χ1v) is 12.1. The summed E-state index contributed by atoms with van der Waals surface area (Å²) in [5.74, 6) is -0.423. The van der Waals surface area contributed by atoms with Crippen LogP contribution in [0.1, 0.15) is 30.4 Å². The van der Waals surface area contributed by atoms with Crippen molar-refractivity contribution in [3.8, 4) is 5.75 Å². The summed E-state index contributed by atoms with van der Waals surface area (Å²) in [7, 11) is -2.39. The van der Waals surface area contributed by atoms with Gasteiger partial charge in [-0.1, -0.05) is 24.5 Å². The van der Waals surface area contributed by atoms with Crippen LogP contribution in [0.3, 0.4) is 0 Å². The predicted octanol–water partition coefficient (Wildman–Crippen LogP) is 4.29. The minimum absolute atomic E-state index is 0.0552. The third kappa shape index (κ3) is 3.44. The molecule has 3 aromatic rings. The SMILES string of the molecule is COP1(=O)N=C(c2c(O)c3cc(F)ccc3n(CCC3CC3)c2=O)Nc2ccc(C)cc21. The van der Waals surface area contributed by atoms with Crippen molar-refractivity contribution in [3.63, 3.8) is 0 Å². The number of hydrogen-bond acceptors (Lipinski definition) is 5. The number of anilines is 1. The van der Waals surface area contributed by atoms with Gasteiger partial charge >= 0.3 is 7.52 Å². The average molecular weight is 455 g/mol. The van der Waals surface area contributed by atoms with Gasteiger partial charge in [-0.15, -0.1) is 0 Å². The second-order valence-corrected chi connectivity index (χ2v) is 10.5. The highest BCUT2D eigenvalue weighted by Gasteiger charge is 2.35. The summed E-state index contributed by atoms with van der Waals surface area (Å²) in [5.41, 5.74) is 1.18. The maximum Gasteiger partial charge on any atom is 0.348 e. The molecule has 1 aliphatic heterocycles. The van der Waals surface area contributed by atoms with Gasteiger partial charge < -0.3 is 19.5 Å². The Labute approximate surface area is 184 Å². The smallest absolute Gasteiger partial charge is 0.348 e. The van der Waals surface area contributed by atoms with Crippen LogP contribution in [0.15, 0.2) is 46.0 Å². The van der Waals surface area contributed by atoms with Crippen LogP contribution in [0.25, 0.3) is 10.9 Å². The predicted molar refractivity (Wildman–Crippen MR) is 123 cm³/mol. The van der Waals surface area contributed by atoms with E-state index in [1.807, 2.05) is 13.0 Å². The van der Waals surface area contributed by atoms with Crippen LogP contribution in [-0.4, -0.2) is 22.6 Å². The van der Waals surface area contributed by atoms with Gasteiger partial charge in [0.1, 0.15) is 17.1 Å². The molecule has 1 aromatic heterocycles. The normalized spacial score (nSPS) is 20.0. The molecule has 7 nitrogen and oxygen atoms in total. The van der Waals surface area contributed by atoms with Crippen molar-refractivity contribution < 1.29 is 18.6 Å². The molecular weight excluding hydrogens is 432 g/mol. The fourth-order valence-corrected chi connectivity index (χ4v) is 5.74. The Balaban J connectivity index is 1.74. The first-order chi connectivity index (χ1) is 15.3. The number of aryl methyl sites for hydroxylation is 2. The Morgan fingerprint density at radius 1 is 1.28 bits per heavy atom. The van der Waals surface area contributed by atoms with E-state index in [4.69, 9.17) is 4.52 Å². The van der Waals surface area contributed by atoms with Crippen LogP contribution in [0, 0.1) is 18.7 Å². The van der Waals surface area contributed by atoms with Crippen LogP contribution in [0.4, 0.5) is 10.1 Å². The number of benzene rings is 2. The number of aromatic hydroxyl groups is 1. The molecule has 9 heteroatoms. The molecule has 5 rings (SSSR count). The number of halogens is 1. The van der Waals surface area contributed by atoms with Gasteiger partial charge in [-0.25, -0.2) is 4.39 Å². The van der Waals surface area contributed by atoms with E-state index in [1.54, 1.807) is 12.1 Å². The van der Waals surface area contributed by atoms with Crippen molar-refractivity contribution >= 4 is 35.3 Å². The van der Waals surface area contributed by atoms with Gasteiger partial charge in [0, 0.05) is 19.0 Å². The van der Waals surface area contributed by atoms with Gasteiger partial charge in [-0.05, 0) is 49.6 Å². The van der Waals surface area contributed by atoms with Gasteiger partial charge in [-0.3, -0.25) is 9.36 Å². The van der Waals surface area contributed by atoms with Crippen LogP contribution in [0.2, 0.25) is 0 Å². The molecule has 0 radical (unpaired) electrons. The second-order valence-electron chi connectivity index (χ2n) is 8.37. The highest BCUT2D eigenvalue weighted by atomic mass is 31.2. The lowest BCUT2D eigenvalue weighted by molar-refractivity contribution is 0.404. The zero-order chi connectivity index (χ0) is 22.6. The molecule has 32 heavy (non-hydrogen) atoms. The van der Waals surface area contributed by atoms with Crippen LogP contribution < -0.4 is 16.2 Å². The summed E-state index contributed by atoms with van der Waals surface area (Å²) in [5, 5.41) is 14.6. The number of hydrogen-bond donors (Lipinski definition) is 2. The molecule has 0 bridgehead atoms. The number of rotatable bonds is 5. The Morgan fingerprint density at radius 3 is 2.78 bits per heavy atom. The largest absolute Gasteiger partial charge is 0.506 e. The van der Waals surface area contributed by atoms with Crippen molar-refractivity contribution in [2.75, 3.05) is 12.4 Å². The summed E-state index contributed by atoms with van der Waals surface area (Å²) in [6.07, 6.45) is 3.08. The summed E-state index contributed by atoms with van der Waals surface area (Å²) in [6.45, 7) is 2.30. The second kappa shape index (κ2) is 7.57. The summed E-state index contributed by atoms with van der Waals surface area (Å²) < 4.78 is 38.6. The Kier molecular flexibility index (Phi) is 4.95. The van der Waals surface area contributed by atoms with E-state index in [2.05, 4.69) is 10.1 Å². The van der Waals surface area contributed by atoms with E-state index in [0.29, 0.717) is 29.0 Å². The van der Waals surface area contributed by atoms with E-state index in [0.717, 1.165) is 24.8 Å². The molecule has 1 aliphatic carbocycles. The molecule has 1 fully saturated rings. The number of nitrogens with one attached hydrogen (secondary N) is 1. The lowest BCUT2D eigenvalue weighted by atomic mass is 10.1. The quantitative estimate of drug-likeness (QED) is 0.560. The third-order valence-electron chi connectivity index (χ3n) is 6.08. The van der Waals surface area contributed by atoms with Crippen LogP contribution in [-0.2, 0) is 15.6 Å². The Hall–Kier alpha value is -2.96. The van der Waals surface area contributed by atoms with Gasteiger partial charge in [0.2, 0.25) is 0 Å². The van der Waals surface area contributed by atoms with E-state index >= 15 is 0 Å². The summed E-state index contributed by atoms with van der Waals surface area (Å²) in [4.78, 5) is 13.5. The molecule has 0 saturated heterocycles. The van der Waals surface area contributed by atoms with E-state index < -0.39 is 24.6 Å². The standard InChI is InChI=1S/C23H23FN3O4P/c1-13-3-7-17-19(11-13)32(30,31-2)26-22(25-17)20-21(28)16-12-15(24)6-8-18(16)27(23(20)29)10-9-14-4-5-14/h3,6-8,11-12,14,28H,4-5,9-10H2,1-2H3,(H,25,26,30). The maximum atomic E-state index is 14.1. The lowest BCUT2D eigenvalue weighted by Crippen LogP contribution is -2.33. The molecule has 166 valence electrons. The van der Waals surface area contributed by atoms with Crippen molar-refractivity contribution in [2.45, 2.75) is 32.7 Å². The number of fused-ring (bicyclic) bond motifs is 2. The van der Waals surface area contributed by atoms with Gasteiger partial charge in [0.25, 0.3) is 5.56 Å². The van der Waals surface area contributed by atoms with Crippen molar-refractivity contribution in [1.82, 2.24) is 4.57 Å². The van der Waals surface area contributed by atoms with Crippen molar-refractivity contribution in [3.05, 3.63) is 63.7 Å². The molecule has 1 atom stereocenters. The van der Waals surface area contributed by atoms with Crippen molar-refractivity contribution in [2.24, 2.45) is 10.7 Å². The molecular formula is C23H23FN3O4P. The number of aromatic nitrogens is 1. The first kappa shape index (κ1) is 20.9. The minimum atomic E-state index is -3.69. The Bertz CT molecular complexity index is 1390. The Morgan fingerprint density at radius 2 is 2.06 bits per heavy atom. The summed E-state index contributed by atoms with van der Waals surface area (Å²) >= 11 is 0. The third-order valence-corrected chi connectivity index (χ3v) is 8.02. The van der Waals surface area contributed by atoms with E-state index in [-0.39, 0.29) is 16.8 Å². The zero-order valence-electron chi connectivity index (χ0n) is 17.8. The molecule has 1 saturated carbocycles. The van der Waals surface area contributed by atoms with Crippen molar-refractivity contribution in [1.29, 1.82) is 0 Å². The fraction of sp³-hybridized carbons (Fsp3) is 0.304. The first-order valence-electron chi connectivity index (χ1n) is 10.5. The molecule has 2 N–H and O–H groups in total. The maximum absolute atomic E-state index is 14.1. The lowest BCUT2D eigenvalue weighted by Gasteiger charge is -2.25. The molecule has 2 heterocycles. The highest BCUT2D eigenvalue weighted by Crippen LogP contribution is 2.51. The van der Waals surface area contributed by atoms with Crippen LogP contribution in [0.5, 0.6) is 5.75 Å². The fourth-order valence-electron chi connectivity index (χ4n) is 4.14. The topological polar surface area (TPSA) is 92.9 Å². The summed E-state index contributed by atoms with van der Waals surface area (Å²) in [6, 6.07) is 9.24. The number of amidine groups is 1. The minimum Gasteiger partial charge on any atom is -0.506 e. The number of nitrogens with zero attached hydrogens (tertiary/aromatic N) is 2. The van der Waals surface area contributed by atoms with Gasteiger partial charge in [0.05, 0.1) is 16.5 Å². The number of pyridine rings is 1. The zero-order valence-corrected chi connectivity index (χ0v) is 18.7.